The Morgan fingerprint density at radius 2 is 1.96 bits per heavy atom. The van der Waals surface area contributed by atoms with Crippen molar-refractivity contribution in [3.05, 3.63) is 59.9 Å². The Morgan fingerprint density at radius 3 is 2.68 bits per heavy atom. The van der Waals surface area contributed by atoms with Crippen molar-refractivity contribution in [3.63, 3.8) is 0 Å². The lowest BCUT2D eigenvalue weighted by atomic mass is 10.2. The smallest absolute Gasteiger partial charge is 0.240 e. The Kier molecular flexibility index (Phi) is 5.14. The maximum atomic E-state index is 12.9. The molecule has 1 aliphatic rings. The van der Waals surface area contributed by atoms with Crippen LogP contribution in [0.3, 0.4) is 0 Å². The van der Waals surface area contributed by atoms with E-state index in [1.807, 2.05) is 31.2 Å². The number of hydrogen-bond donors (Lipinski definition) is 2. The molecule has 1 heterocycles. The van der Waals surface area contributed by atoms with Crippen LogP contribution in [0.2, 0.25) is 0 Å². The van der Waals surface area contributed by atoms with E-state index in [2.05, 4.69) is 15.6 Å². The van der Waals surface area contributed by atoms with Crippen molar-refractivity contribution in [2.75, 3.05) is 5.32 Å². The predicted molar refractivity (Wildman–Crippen MR) is 97.4 cm³/mol. The number of nitrogens with zero attached hydrogens (tertiary/aromatic N) is 1. The van der Waals surface area contributed by atoms with E-state index in [9.17, 15) is 14.0 Å². The zero-order valence-electron chi connectivity index (χ0n) is 13.5. The molecule has 5 nitrogen and oxygen atoms in total. The first-order valence-electron chi connectivity index (χ1n) is 7.68. The third kappa shape index (κ3) is 4.45. The molecule has 0 aliphatic carbocycles. The van der Waals surface area contributed by atoms with Gasteiger partial charge in [-0.2, -0.15) is 0 Å². The molecule has 2 N–H and O–H groups in total. The van der Waals surface area contributed by atoms with E-state index in [4.69, 9.17) is 0 Å². The molecule has 0 unspecified atom stereocenters. The number of anilines is 1. The molecule has 25 heavy (non-hydrogen) atoms. The van der Waals surface area contributed by atoms with E-state index in [1.54, 1.807) is 0 Å². The van der Waals surface area contributed by atoms with Crippen molar-refractivity contribution in [1.29, 1.82) is 0 Å². The summed E-state index contributed by atoms with van der Waals surface area (Å²) < 4.78 is 12.9. The van der Waals surface area contributed by atoms with E-state index in [0.717, 1.165) is 11.3 Å². The van der Waals surface area contributed by atoms with Gasteiger partial charge in [-0.3, -0.25) is 9.59 Å². The molecule has 1 aliphatic heterocycles. The highest BCUT2D eigenvalue weighted by Gasteiger charge is 2.32. The molecule has 2 amide bonds. The number of rotatable bonds is 4. The Bertz CT molecular complexity index is 836. The first kappa shape index (κ1) is 17.2. The van der Waals surface area contributed by atoms with Crippen molar-refractivity contribution in [3.8, 4) is 0 Å². The van der Waals surface area contributed by atoms with Crippen LogP contribution in [-0.4, -0.2) is 22.2 Å². The number of hydrogen-bond acceptors (Lipinski definition) is 4. The van der Waals surface area contributed by atoms with Gasteiger partial charge in [0.05, 0.1) is 5.69 Å². The number of benzene rings is 2. The van der Waals surface area contributed by atoms with Crippen molar-refractivity contribution in [2.45, 2.75) is 18.6 Å². The third-order valence-electron chi connectivity index (χ3n) is 3.62. The lowest BCUT2D eigenvalue weighted by Crippen LogP contribution is -2.28. The number of carbonyl (C=O) groups is 2. The van der Waals surface area contributed by atoms with Gasteiger partial charge < -0.3 is 10.6 Å². The highest BCUT2D eigenvalue weighted by molar-refractivity contribution is 8.15. The van der Waals surface area contributed by atoms with E-state index >= 15 is 0 Å². The first-order chi connectivity index (χ1) is 12.0. The molecule has 7 heteroatoms. The van der Waals surface area contributed by atoms with Crippen LogP contribution in [0.1, 0.15) is 12.0 Å². The van der Waals surface area contributed by atoms with Crippen LogP contribution in [0.25, 0.3) is 0 Å². The Morgan fingerprint density at radius 1 is 1.24 bits per heavy atom. The topological polar surface area (TPSA) is 70.6 Å². The van der Waals surface area contributed by atoms with Crippen LogP contribution in [0, 0.1) is 12.7 Å². The van der Waals surface area contributed by atoms with Gasteiger partial charge in [0.1, 0.15) is 11.1 Å². The highest BCUT2D eigenvalue weighted by Crippen LogP contribution is 2.26. The minimum Gasteiger partial charge on any atom is -0.326 e. The maximum absolute atomic E-state index is 12.9. The largest absolute Gasteiger partial charge is 0.326 e. The summed E-state index contributed by atoms with van der Waals surface area (Å²) in [6, 6.07) is 13.1. The molecule has 0 radical (unpaired) electrons. The SMILES string of the molecule is Cc1ccccc1NC(=O)C[C@@H]1SC(=Nc2ccc(F)cc2)NC1=O. The molecule has 1 saturated heterocycles. The summed E-state index contributed by atoms with van der Waals surface area (Å²) in [5, 5.41) is 5.33. The Labute approximate surface area is 148 Å². The summed E-state index contributed by atoms with van der Waals surface area (Å²) in [5.41, 5.74) is 2.23. The second-order valence-electron chi connectivity index (χ2n) is 5.56. The summed E-state index contributed by atoms with van der Waals surface area (Å²) in [6.45, 7) is 1.90. The van der Waals surface area contributed by atoms with Gasteiger partial charge in [0, 0.05) is 12.1 Å². The van der Waals surface area contributed by atoms with Crippen LogP contribution in [0.15, 0.2) is 53.5 Å². The molecule has 2 aromatic rings. The second kappa shape index (κ2) is 7.48. The highest BCUT2D eigenvalue weighted by atomic mass is 32.2. The molecule has 128 valence electrons. The standard InChI is InChI=1S/C18H16FN3O2S/c1-11-4-2-3-5-14(11)21-16(23)10-15-17(24)22-18(25-15)20-13-8-6-12(19)7-9-13/h2-9,15H,10H2,1H3,(H,21,23)(H,20,22,24)/t15-/m0/s1. The second-order valence-corrected chi connectivity index (χ2v) is 6.75. The van der Waals surface area contributed by atoms with E-state index in [1.165, 1.54) is 36.0 Å². The minimum atomic E-state index is -0.539. The van der Waals surface area contributed by atoms with Crippen molar-refractivity contribution < 1.29 is 14.0 Å². The molecular formula is C18H16FN3O2S. The number of thioether (sulfide) groups is 1. The summed E-state index contributed by atoms with van der Waals surface area (Å²) in [6.07, 6.45) is 0.0489. The fourth-order valence-electron chi connectivity index (χ4n) is 2.31. The minimum absolute atomic E-state index is 0.0489. The number of amidine groups is 1. The molecule has 0 spiro atoms. The number of carbonyl (C=O) groups excluding carboxylic acids is 2. The molecule has 2 aromatic carbocycles. The van der Waals surface area contributed by atoms with E-state index in [-0.39, 0.29) is 24.1 Å². The lowest BCUT2D eigenvalue weighted by Gasteiger charge is -2.09. The zero-order chi connectivity index (χ0) is 17.8. The number of halogens is 1. The molecule has 1 fully saturated rings. The molecule has 0 aromatic heterocycles. The first-order valence-corrected chi connectivity index (χ1v) is 8.56. The molecular weight excluding hydrogens is 341 g/mol. The van der Waals surface area contributed by atoms with Gasteiger partial charge >= 0.3 is 0 Å². The van der Waals surface area contributed by atoms with Gasteiger partial charge in [-0.25, -0.2) is 9.38 Å². The molecule has 1 atom stereocenters. The maximum Gasteiger partial charge on any atom is 0.240 e. The normalized spacial score (nSPS) is 18.2. The predicted octanol–water partition coefficient (Wildman–Crippen LogP) is 3.38. The zero-order valence-corrected chi connectivity index (χ0v) is 14.3. The summed E-state index contributed by atoms with van der Waals surface area (Å²) in [5.74, 6) is -0.839. The number of aliphatic imine (C=N–C) groups is 1. The fraction of sp³-hybridized carbons (Fsp3) is 0.167. The van der Waals surface area contributed by atoms with Crippen molar-refractivity contribution in [2.24, 2.45) is 4.99 Å². The monoisotopic (exact) mass is 357 g/mol. The van der Waals surface area contributed by atoms with E-state index < -0.39 is 5.25 Å². The Hall–Kier alpha value is -2.67. The quantitative estimate of drug-likeness (QED) is 0.881. The van der Waals surface area contributed by atoms with E-state index in [0.29, 0.717) is 10.9 Å². The summed E-state index contributed by atoms with van der Waals surface area (Å²) in [7, 11) is 0. The van der Waals surface area contributed by atoms with Crippen LogP contribution in [0.5, 0.6) is 0 Å². The van der Waals surface area contributed by atoms with Gasteiger partial charge in [0.25, 0.3) is 0 Å². The van der Waals surface area contributed by atoms with Crippen LogP contribution < -0.4 is 10.6 Å². The van der Waals surface area contributed by atoms with Crippen molar-refractivity contribution in [1.82, 2.24) is 5.32 Å². The number of nitrogens with one attached hydrogen (secondary N) is 2. The molecule has 0 bridgehead atoms. The summed E-state index contributed by atoms with van der Waals surface area (Å²) >= 11 is 1.20. The Balaban J connectivity index is 1.62. The van der Waals surface area contributed by atoms with Gasteiger partial charge in [0.15, 0.2) is 5.17 Å². The van der Waals surface area contributed by atoms with Crippen molar-refractivity contribution >= 4 is 40.1 Å². The van der Waals surface area contributed by atoms with Crippen LogP contribution in [0.4, 0.5) is 15.8 Å². The number of aryl methyl sites for hydroxylation is 1. The molecule has 0 saturated carbocycles. The van der Waals surface area contributed by atoms with Gasteiger partial charge in [-0.1, -0.05) is 30.0 Å². The van der Waals surface area contributed by atoms with Gasteiger partial charge in [0.2, 0.25) is 11.8 Å². The average Bonchev–Trinajstić information content (AvgIpc) is 2.91. The van der Waals surface area contributed by atoms with Crippen LogP contribution in [-0.2, 0) is 9.59 Å². The number of para-hydroxylation sites is 1. The summed E-state index contributed by atoms with van der Waals surface area (Å²) in [4.78, 5) is 28.5. The lowest BCUT2D eigenvalue weighted by molar-refractivity contribution is -0.122. The fourth-order valence-corrected chi connectivity index (χ4v) is 3.30. The molecule has 3 rings (SSSR count). The van der Waals surface area contributed by atoms with Gasteiger partial charge in [-0.05, 0) is 42.8 Å². The number of amides is 2. The van der Waals surface area contributed by atoms with Crippen LogP contribution >= 0.6 is 11.8 Å². The average molecular weight is 357 g/mol. The van der Waals surface area contributed by atoms with Gasteiger partial charge in [-0.15, -0.1) is 0 Å². The third-order valence-corrected chi connectivity index (χ3v) is 4.71.